The molecule has 0 radical (unpaired) electrons. The van der Waals surface area contributed by atoms with E-state index in [4.69, 9.17) is 44.6 Å². The smallest absolute Gasteiger partial charge is 0.328 e. The van der Waals surface area contributed by atoms with E-state index in [1.54, 1.807) is 12.1 Å². The minimum atomic E-state index is -0.985. The topological polar surface area (TPSA) is 46.5 Å². The van der Waals surface area contributed by atoms with Gasteiger partial charge in [0.2, 0.25) is 0 Å². The Kier molecular flexibility index (Phi) is 5.53. The van der Waals surface area contributed by atoms with Crippen molar-refractivity contribution in [3.05, 3.63) is 55.2 Å². The molecule has 110 valence electrons. The van der Waals surface area contributed by atoms with Gasteiger partial charge >= 0.3 is 5.97 Å². The second-order valence-electron chi connectivity index (χ2n) is 3.96. The molecule has 7 heteroatoms. The summed E-state index contributed by atoms with van der Waals surface area (Å²) in [5.74, 6) is -0.611. The lowest BCUT2D eigenvalue weighted by Crippen LogP contribution is -1.94. The van der Waals surface area contributed by atoms with Gasteiger partial charge in [-0.05, 0) is 30.3 Å². The molecular formula is C14H9Cl3O3S. The van der Waals surface area contributed by atoms with Gasteiger partial charge in [-0.15, -0.1) is 11.3 Å². The molecule has 1 N–H and O–H groups in total. The fourth-order valence-electron chi connectivity index (χ4n) is 1.53. The molecule has 0 saturated carbocycles. The quantitative estimate of drug-likeness (QED) is 0.725. The Morgan fingerprint density at radius 1 is 1.24 bits per heavy atom. The first kappa shape index (κ1) is 16.2. The molecule has 3 nitrogen and oxygen atoms in total. The van der Waals surface area contributed by atoms with E-state index in [0.29, 0.717) is 20.8 Å². The van der Waals surface area contributed by atoms with Crippen molar-refractivity contribution in [3.63, 3.8) is 0 Å². The van der Waals surface area contributed by atoms with Crippen molar-refractivity contribution in [1.29, 1.82) is 0 Å². The van der Waals surface area contributed by atoms with E-state index in [2.05, 4.69) is 0 Å². The van der Waals surface area contributed by atoms with Crippen molar-refractivity contribution in [3.8, 4) is 5.75 Å². The second kappa shape index (κ2) is 7.18. The Morgan fingerprint density at radius 3 is 2.52 bits per heavy atom. The van der Waals surface area contributed by atoms with Crippen LogP contribution in [0.15, 0.2) is 30.3 Å². The van der Waals surface area contributed by atoms with Crippen LogP contribution >= 0.6 is 46.1 Å². The summed E-state index contributed by atoms with van der Waals surface area (Å²) in [5.41, 5.74) is 0. The summed E-state index contributed by atoms with van der Waals surface area (Å²) in [6.07, 6.45) is 2.61. The highest BCUT2D eigenvalue weighted by Crippen LogP contribution is 2.36. The second-order valence-corrected chi connectivity index (χ2v) is 6.41. The summed E-state index contributed by atoms with van der Waals surface area (Å²) in [5, 5.41) is 9.69. The molecule has 1 heterocycles. The molecule has 0 aliphatic heterocycles. The van der Waals surface area contributed by atoms with Gasteiger partial charge in [0, 0.05) is 20.9 Å². The molecule has 0 saturated heterocycles. The van der Waals surface area contributed by atoms with E-state index in [9.17, 15) is 4.79 Å². The largest absolute Gasteiger partial charge is 0.485 e. The Bertz CT molecular complexity index is 672. The number of rotatable bonds is 5. The molecular weight excluding hydrogens is 355 g/mol. The number of thiophene rings is 1. The Balaban J connectivity index is 2.05. The molecule has 0 aliphatic rings. The Labute approximate surface area is 140 Å². The fourth-order valence-corrected chi connectivity index (χ4v) is 3.28. The SMILES string of the molecule is O=C(O)C=Cc1ccc(COc2c(Cl)cc(Cl)cc2Cl)s1. The molecule has 0 unspecified atom stereocenters. The third-order valence-corrected chi connectivity index (χ3v) is 4.20. The van der Waals surface area contributed by atoms with Gasteiger partial charge in [0.15, 0.2) is 5.75 Å². The summed E-state index contributed by atoms with van der Waals surface area (Å²) >= 11 is 19.3. The maximum Gasteiger partial charge on any atom is 0.328 e. The van der Waals surface area contributed by atoms with Crippen molar-refractivity contribution < 1.29 is 14.6 Å². The lowest BCUT2D eigenvalue weighted by atomic mass is 10.3. The molecule has 0 spiro atoms. The highest BCUT2D eigenvalue weighted by atomic mass is 35.5. The first-order valence-corrected chi connectivity index (χ1v) is 7.68. The molecule has 0 amide bonds. The summed E-state index contributed by atoms with van der Waals surface area (Å²) in [4.78, 5) is 12.2. The van der Waals surface area contributed by atoms with Gasteiger partial charge in [-0.3, -0.25) is 0 Å². The number of halogens is 3. The van der Waals surface area contributed by atoms with Gasteiger partial charge in [-0.25, -0.2) is 4.79 Å². The zero-order valence-electron chi connectivity index (χ0n) is 10.5. The van der Waals surface area contributed by atoms with E-state index in [1.165, 1.54) is 17.4 Å². The molecule has 0 aliphatic carbocycles. The predicted octanol–water partition coefficient (Wildman–Crippen LogP) is 5.39. The molecule has 0 fully saturated rings. The van der Waals surface area contributed by atoms with Crippen LogP contribution in [0.5, 0.6) is 5.75 Å². The van der Waals surface area contributed by atoms with Crippen LogP contribution < -0.4 is 4.74 Å². The monoisotopic (exact) mass is 362 g/mol. The average Bonchev–Trinajstić information content (AvgIpc) is 2.83. The molecule has 2 aromatic rings. The number of aliphatic carboxylic acids is 1. The van der Waals surface area contributed by atoms with Crippen molar-refractivity contribution >= 4 is 58.2 Å². The van der Waals surface area contributed by atoms with Gasteiger partial charge in [-0.2, -0.15) is 0 Å². The van der Waals surface area contributed by atoms with Crippen LogP contribution in [-0.2, 0) is 11.4 Å². The zero-order chi connectivity index (χ0) is 15.4. The first-order valence-electron chi connectivity index (χ1n) is 5.73. The van der Waals surface area contributed by atoms with Crippen molar-refractivity contribution in [2.24, 2.45) is 0 Å². The number of hydrogen-bond acceptors (Lipinski definition) is 3. The van der Waals surface area contributed by atoms with Crippen LogP contribution in [0.4, 0.5) is 0 Å². The lowest BCUT2D eigenvalue weighted by Gasteiger charge is -2.09. The van der Waals surface area contributed by atoms with Crippen LogP contribution in [0.3, 0.4) is 0 Å². The van der Waals surface area contributed by atoms with Crippen molar-refractivity contribution in [1.82, 2.24) is 0 Å². The van der Waals surface area contributed by atoms with E-state index in [0.717, 1.165) is 15.8 Å². The van der Waals surface area contributed by atoms with E-state index in [-0.39, 0.29) is 6.61 Å². The number of benzene rings is 1. The van der Waals surface area contributed by atoms with Crippen LogP contribution in [0.1, 0.15) is 9.75 Å². The average molecular weight is 364 g/mol. The molecule has 0 atom stereocenters. The minimum Gasteiger partial charge on any atom is -0.485 e. The Morgan fingerprint density at radius 2 is 1.90 bits per heavy atom. The normalized spacial score (nSPS) is 11.0. The van der Waals surface area contributed by atoms with Gasteiger partial charge in [0.05, 0.1) is 10.0 Å². The molecule has 2 rings (SSSR count). The maximum absolute atomic E-state index is 10.4. The lowest BCUT2D eigenvalue weighted by molar-refractivity contribution is -0.131. The summed E-state index contributed by atoms with van der Waals surface area (Å²) < 4.78 is 5.60. The highest BCUT2D eigenvalue weighted by Gasteiger charge is 2.10. The van der Waals surface area contributed by atoms with Crippen LogP contribution in [-0.4, -0.2) is 11.1 Å². The van der Waals surface area contributed by atoms with E-state index in [1.807, 2.05) is 12.1 Å². The minimum absolute atomic E-state index is 0.284. The summed E-state index contributed by atoms with van der Waals surface area (Å²) in [6.45, 7) is 0.284. The highest BCUT2D eigenvalue weighted by molar-refractivity contribution is 7.12. The van der Waals surface area contributed by atoms with Gasteiger partial charge in [0.25, 0.3) is 0 Å². The molecule has 1 aromatic carbocycles. The van der Waals surface area contributed by atoms with E-state index < -0.39 is 5.97 Å². The summed E-state index contributed by atoms with van der Waals surface area (Å²) in [7, 11) is 0. The van der Waals surface area contributed by atoms with Gasteiger partial charge < -0.3 is 9.84 Å². The van der Waals surface area contributed by atoms with Crippen LogP contribution in [0.2, 0.25) is 15.1 Å². The number of hydrogen-bond donors (Lipinski definition) is 1. The van der Waals surface area contributed by atoms with Crippen LogP contribution in [0.25, 0.3) is 6.08 Å². The number of ether oxygens (including phenoxy) is 1. The third kappa shape index (κ3) is 4.64. The number of carbonyl (C=O) groups is 1. The fraction of sp³-hybridized carbons (Fsp3) is 0.0714. The number of carboxylic acid groups (broad SMARTS) is 1. The Hall–Kier alpha value is -1.20. The third-order valence-electron chi connectivity index (χ3n) is 2.39. The standard InChI is InChI=1S/C14H9Cl3O3S/c15-8-5-11(16)14(12(17)6-8)20-7-10-2-1-9(21-10)3-4-13(18)19/h1-6H,7H2,(H,18,19). The number of carboxylic acids is 1. The predicted molar refractivity (Wildman–Crippen MR) is 86.8 cm³/mol. The van der Waals surface area contributed by atoms with E-state index >= 15 is 0 Å². The molecule has 1 aromatic heterocycles. The zero-order valence-corrected chi connectivity index (χ0v) is 13.6. The summed E-state index contributed by atoms with van der Waals surface area (Å²) in [6, 6.07) is 6.78. The van der Waals surface area contributed by atoms with Gasteiger partial charge in [0.1, 0.15) is 6.61 Å². The van der Waals surface area contributed by atoms with Gasteiger partial charge in [-0.1, -0.05) is 34.8 Å². The first-order chi connectivity index (χ1) is 9.95. The van der Waals surface area contributed by atoms with Crippen molar-refractivity contribution in [2.45, 2.75) is 6.61 Å². The maximum atomic E-state index is 10.4. The molecule has 21 heavy (non-hydrogen) atoms. The van der Waals surface area contributed by atoms with Crippen molar-refractivity contribution in [2.75, 3.05) is 0 Å². The molecule has 0 bridgehead atoms. The van der Waals surface area contributed by atoms with Crippen LogP contribution in [0, 0.1) is 0 Å².